The maximum atomic E-state index is 12.5. The van der Waals surface area contributed by atoms with Crippen LogP contribution >= 0.6 is 23.1 Å². The number of nitro groups is 1. The third-order valence-corrected chi connectivity index (χ3v) is 7.24. The largest absolute Gasteiger partial charge is 0.325 e. The van der Waals surface area contributed by atoms with Gasteiger partial charge in [0.2, 0.25) is 5.91 Å². The third-order valence-electron chi connectivity index (χ3n) is 5.09. The van der Waals surface area contributed by atoms with Crippen LogP contribution in [0.4, 0.5) is 11.4 Å². The first-order chi connectivity index (χ1) is 13.9. The summed E-state index contributed by atoms with van der Waals surface area (Å²) in [7, 11) is 0. The number of nitrogens with zero attached hydrogens (tertiary/aromatic N) is 3. The summed E-state index contributed by atoms with van der Waals surface area (Å²) in [6, 6.07) is 4.41. The molecule has 0 aliphatic heterocycles. The highest BCUT2D eigenvalue weighted by Crippen LogP contribution is 2.40. The zero-order valence-corrected chi connectivity index (χ0v) is 17.7. The van der Waals surface area contributed by atoms with Crippen LogP contribution in [0.3, 0.4) is 0 Å². The zero-order chi connectivity index (χ0) is 20.5. The van der Waals surface area contributed by atoms with Crippen molar-refractivity contribution in [2.75, 3.05) is 11.1 Å². The van der Waals surface area contributed by atoms with E-state index in [1.165, 1.54) is 34.3 Å². The van der Waals surface area contributed by atoms with Gasteiger partial charge in [0, 0.05) is 28.1 Å². The summed E-state index contributed by atoms with van der Waals surface area (Å²) < 4.78 is 0. The van der Waals surface area contributed by atoms with Gasteiger partial charge in [0.05, 0.1) is 10.7 Å². The van der Waals surface area contributed by atoms with Crippen LogP contribution in [0, 0.1) is 23.0 Å². The van der Waals surface area contributed by atoms with Crippen molar-refractivity contribution >= 4 is 50.6 Å². The summed E-state index contributed by atoms with van der Waals surface area (Å²) in [5.74, 6) is 0.732. The quantitative estimate of drug-likeness (QED) is 0.272. The Morgan fingerprint density at radius 2 is 2.24 bits per heavy atom. The van der Waals surface area contributed by atoms with Crippen molar-refractivity contribution in [2.24, 2.45) is 5.92 Å². The van der Waals surface area contributed by atoms with Gasteiger partial charge in [-0.3, -0.25) is 14.9 Å². The van der Waals surface area contributed by atoms with Crippen molar-refractivity contribution < 1.29 is 9.72 Å². The molecule has 0 fully saturated rings. The van der Waals surface area contributed by atoms with Gasteiger partial charge in [-0.1, -0.05) is 18.7 Å². The lowest BCUT2D eigenvalue weighted by molar-refractivity contribution is -0.384. The van der Waals surface area contributed by atoms with Gasteiger partial charge in [0.1, 0.15) is 16.2 Å². The van der Waals surface area contributed by atoms with Crippen LogP contribution < -0.4 is 5.32 Å². The van der Waals surface area contributed by atoms with Crippen molar-refractivity contribution in [2.45, 2.75) is 38.1 Å². The van der Waals surface area contributed by atoms with Crippen molar-refractivity contribution in [3.05, 3.63) is 50.6 Å². The molecule has 1 aliphatic rings. The Balaban J connectivity index is 1.49. The molecule has 1 aromatic carbocycles. The van der Waals surface area contributed by atoms with Gasteiger partial charge in [-0.05, 0) is 49.3 Å². The Bertz CT molecular complexity index is 1110. The van der Waals surface area contributed by atoms with E-state index in [9.17, 15) is 14.9 Å². The maximum absolute atomic E-state index is 12.5. The van der Waals surface area contributed by atoms with E-state index in [0.29, 0.717) is 17.2 Å². The molecule has 150 valence electrons. The summed E-state index contributed by atoms with van der Waals surface area (Å²) in [6.07, 6.45) is 4.85. The molecule has 1 unspecified atom stereocenters. The second-order valence-corrected chi connectivity index (χ2v) is 9.35. The van der Waals surface area contributed by atoms with Crippen LogP contribution in [0.2, 0.25) is 0 Å². The summed E-state index contributed by atoms with van der Waals surface area (Å²) in [5.41, 5.74) is 2.59. The SMILES string of the molecule is Cc1cc([N+](=O)[O-])ccc1NC(=O)CSc1ncnc2sc3c(c12)CCC(C)C3. The van der Waals surface area contributed by atoms with E-state index in [-0.39, 0.29) is 17.3 Å². The molecule has 1 aliphatic carbocycles. The minimum absolute atomic E-state index is 0.00908. The number of non-ortho nitro benzene ring substituents is 1. The first kappa shape index (κ1) is 19.8. The second-order valence-electron chi connectivity index (χ2n) is 7.30. The number of amides is 1. The maximum Gasteiger partial charge on any atom is 0.269 e. The molecule has 2 heterocycles. The smallest absolute Gasteiger partial charge is 0.269 e. The van der Waals surface area contributed by atoms with E-state index in [1.54, 1.807) is 30.7 Å². The van der Waals surface area contributed by atoms with Crippen LogP contribution in [-0.4, -0.2) is 26.6 Å². The molecule has 7 nitrogen and oxygen atoms in total. The average Bonchev–Trinajstić information content (AvgIpc) is 3.05. The Hall–Kier alpha value is -2.52. The number of hydrogen-bond acceptors (Lipinski definition) is 7. The molecule has 1 amide bonds. The molecular formula is C20H20N4O3S2. The number of nitrogens with one attached hydrogen (secondary N) is 1. The Labute approximate surface area is 176 Å². The van der Waals surface area contributed by atoms with Crippen LogP contribution in [0.1, 0.15) is 29.3 Å². The molecule has 0 bridgehead atoms. The van der Waals surface area contributed by atoms with Crippen molar-refractivity contribution in [1.82, 2.24) is 9.97 Å². The van der Waals surface area contributed by atoms with Gasteiger partial charge >= 0.3 is 0 Å². The number of carbonyl (C=O) groups excluding carboxylic acids is 1. The molecule has 0 spiro atoms. The molecule has 3 aromatic rings. The number of thiophene rings is 1. The van der Waals surface area contributed by atoms with E-state index >= 15 is 0 Å². The number of hydrogen-bond donors (Lipinski definition) is 1. The first-order valence-electron chi connectivity index (χ1n) is 9.35. The lowest BCUT2D eigenvalue weighted by Gasteiger charge is -2.18. The Morgan fingerprint density at radius 3 is 3.00 bits per heavy atom. The monoisotopic (exact) mass is 428 g/mol. The van der Waals surface area contributed by atoms with Crippen LogP contribution in [0.5, 0.6) is 0 Å². The Morgan fingerprint density at radius 1 is 1.41 bits per heavy atom. The lowest BCUT2D eigenvalue weighted by Crippen LogP contribution is -2.15. The number of fused-ring (bicyclic) bond motifs is 3. The van der Waals surface area contributed by atoms with Gasteiger partial charge in [-0.2, -0.15) is 0 Å². The number of benzene rings is 1. The number of aryl methyl sites for hydroxylation is 2. The van der Waals surface area contributed by atoms with Crippen LogP contribution in [0.15, 0.2) is 29.6 Å². The van der Waals surface area contributed by atoms with E-state index in [2.05, 4.69) is 22.2 Å². The van der Waals surface area contributed by atoms with Gasteiger partial charge in [0.15, 0.2) is 0 Å². The van der Waals surface area contributed by atoms with E-state index in [0.717, 1.165) is 34.5 Å². The lowest BCUT2D eigenvalue weighted by atomic mass is 9.89. The number of carbonyl (C=O) groups is 1. The van der Waals surface area contributed by atoms with Crippen molar-refractivity contribution in [1.29, 1.82) is 0 Å². The predicted molar refractivity (Wildman–Crippen MR) is 116 cm³/mol. The van der Waals surface area contributed by atoms with Crippen LogP contribution in [-0.2, 0) is 17.6 Å². The minimum atomic E-state index is -0.447. The molecule has 1 atom stereocenters. The number of aromatic nitrogens is 2. The predicted octanol–water partition coefficient (Wildman–Crippen LogP) is 4.76. The zero-order valence-electron chi connectivity index (χ0n) is 16.1. The number of rotatable bonds is 5. The second kappa shape index (κ2) is 8.08. The highest BCUT2D eigenvalue weighted by Gasteiger charge is 2.23. The van der Waals surface area contributed by atoms with E-state index < -0.39 is 4.92 Å². The molecule has 0 saturated carbocycles. The van der Waals surface area contributed by atoms with Gasteiger partial charge in [0.25, 0.3) is 5.69 Å². The summed E-state index contributed by atoms with van der Waals surface area (Å²) in [5, 5.41) is 15.6. The highest BCUT2D eigenvalue weighted by molar-refractivity contribution is 8.00. The molecular weight excluding hydrogens is 408 g/mol. The molecule has 4 rings (SSSR count). The number of anilines is 1. The fourth-order valence-corrected chi connectivity index (χ4v) is 5.82. The molecule has 29 heavy (non-hydrogen) atoms. The third kappa shape index (κ3) is 4.11. The van der Waals surface area contributed by atoms with Gasteiger partial charge in [-0.25, -0.2) is 9.97 Å². The summed E-state index contributed by atoms with van der Waals surface area (Å²) in [4.78, 5) is 34.1. The molecule has 0 saturated heterocycles. The normalized spacial score (nSPS) is 15.9. The van der Waals surface area contributed by atoms with E-state index in [1.807, 2.05) is 0 Å². The Kier molecular flexibility index (Phi) is 5.51. The van der Waals surface area contributed by atoms with Crippen molar-refractivity contribution in [3.63, 3.8) is 0 Å². The standard InChI is InChI=1S/C20H20N4O3S2/c1-11-3-5-14-16(7-11)29-20-18(14)19(21-10-22-20)28-9-17(25)23-15-6-4-13(24(26)27)8-12(15)2/h4,6,8,10-11H,3,5,7,9H2,1-2H3,(H,23,25). The van der Waals surface area contributed by atoms with Gasteiger partial charge < -0.3 is 5.32 Å². The molecule has 9 heteroatoms. The van der Waals surface area contributed by atoms with Crippen molar-refractivity contribution in [3.8, 4) is 0 Å². The summed E-state index contributed by atoms with van der Waals surface area (Å²) >= 11 is 3.14. The fraction of sp³-hybridized carbons (Fsp3) is 0.350. The number of nitro benzene ring substituents is 1. The molecule has 0 radical (unpaired) electrons. The summed E-state index contributed by atoms with van der Waals surface area (Å²) in [6.45, 7) is 4.02. The average molecular weight is 429 g/mol. The number of thioether (sulfide) groups is 1. The first-order valence-corrected chi connectivity index (χ1v) is 11.2. The fourth-order valence-electron chi connectivity index (χ4n) is 3.58. The van der Waals surface area contributed by atoms with E-state index in [4.69, 9.17) is 0 Å². The topological polar surface area (TPSA) is 98.0 Å². The molecule has 1 N–H and O–H groups in total. The van der Waals surface area contributed by atoms with Crippen LogP contribution in [0.25, 0.3) is 10.2 Å². The molecule has 2 aromatic heterocycles. The minimum Gasteiger partial charge on any atom is -0.325 e. The van der Waals surface area contributed by atoms with Gasteiger partial charge in [-0.15, -0.1) is 11.3 Å². The highest BCUT2D eigenvalue weighted by atomic mass is 32.2.